The zero-order chi connectivity index (χ0) is 15.3. The third-order valence-corrected chi connectivity index (χ3v) is 4.30. The first-order chi connectivity index (χ1) is 10.0. The monoisotopic (exact) mass is 305 g/mol. The fourth-order valence-corrected chi connectivity index (χ4v) is 3.04. The van der Waals surface area contributed by atoms with Crippen LogP contribution >= 0.6 is 0 Å². The van der Waals surface area contributed by atoms with Crippen LogP contribution in [0.4, 0.5) is 0 Å². The van der Waals surface area contributed by atoms with Crippen molar-refractivity contribution in [2.24, 2.45) is 0 Å². The van der Waals surface area contributed by atoms with Crippen molar-refractivity contribution in [3.8, 4) is 11.8 Å². The average molecular weight is 305 g/mol. The van der Waals surface area contributed by atoms with E-state index in [0.29, 0.717) is 11.3 Å². The quantitative estimate of drug-likeness (QED) is 0.842. The zero-order valence-corrected chi connectivity index (χ0v) is 12.2. The Morgan fingerprint density at radius 2 is 2.14 bits per heavy atom. The Bertz CT molecular complexity index is 754. The molecule has 0 bridgehead atoms. The average Bonchev–Trinajstić information content (AvgIpc) is 2.99. The lowest BCUT2D eigenvalue weighted by atomic mass is 10.2. The van der Waals surface area contributed by atoms with Gasteiger partial charge in [0.15, 0.2) is 0 Å². The second-order valence-corrected chi connectivity index (χ2v) is 6.06. The standard InChI is InChI=1S/C15H15NO4S/c1-12(15-8-4-10-20-15)16-21(18,19)14-7-2-5-13(11-14)6-3-9-17/h2,4-5,7-8,10-12,16-17H,9H2,1H3. The molecule has 0 saturated heterocycles. The Morgan fingerprint density at radius 3 is 2.81 bits per heavy atom. The van der Waals surface area contributed by atoms with Gasteiger partial charge in [0.1, 0.15) is 12.4 Å². The van der Waals surface area contributed by atoms with Gasteiger partial charge < -0.3 is 9.52 Å². The minimum Gasteiger partial charge on any atom is -0.468 e. The highest BCUT2D eigenvalue weighted by atomic mass is 32.2. The molecule has 5 nitrogen and oxygen atoms in total. The Labute approximate surface area is 123 Å². The van der Waals surface area contributed by atoms with E-state index in [1.54, 1.807) is 31.2 Å². The largest absolute Gasteiger partial charge is 0.468 e. The van der Waals surface area contributed by atoms with Crippen molar-refractivity contribution in [2.75, 3.05) is 6.61 Å². The number of hydrogen-bond acceptors (Lipinski definition) is 4. The van der Waals surface area contributed by atoms with Crippen molar-refractivity contribution in [3.05, 3.63) is 54.0 Å². The summed E-state index contributed by atoms with van der Waals surface area (Å²) in [5.41, 5.74) is 0.526. The van der Waals surface area contributed by atoms with Crippen LogP contribution in [-0.2, 0) is 10.0 Å². The number of hydrogen-bond donors (Lipinski definition) is 2. The van der Waals surface area contributed by atoms with Crippen LogP contribution in [0.5, 0.6) is 0 Å². The summed E-state index contributed by atoms with van der Waals surface area (Å²) in [6.07, 6.45) is 1.49. The highest BCUT2D eigenvalue weighted by molar-refractivity contribution is 7.89. The Morgan fingerprint density at radius 1 is 1.33 bits per heavy atom. The Balaban J connectivity index is 2.23. The highest BCUT2D eigenvalue weighted by Crippen LogP contribution is 2.17. The molecule has 1 atom stereocenters. The van der Waals surface area contributed by atoms with E-state index < -0.39 is 16.1 Å². The Hall–Kier alpha value is -2.07. The number of rotatable bonds is 4. The minimum atomic E-state index is -3.67. The van der Waals surface area contributed by atoms with Crippen molar-refractivity contribution in [2.45, 2.75) is 17.9 Å². The van der Waals surface area contributed by atoms with Gasteiger partial charge in [-0.05, 0) is 37.3 Å². The van der Waals surface area contributed by atoms with Gasteiger partial charge in [-0.3, -0.25) is 0 Å². The van der Waals surface area contributed by atoms with E-state index >= 15 is 0 Å². The Kier molecular flexibility index (Phi) is 4.81. The third kappa shape index (κ3) is 3.95. The van der Waals surface area contributed by atoms with Crippen LogP contribution < -0.4 is 4.72 Å². The summed E-state index contributed by atoms with van der Waals surface area (Å²) in [5.74, 6) is 5.70. The number of furan rings is 1. The molecule has 21 heavy (non-hydrogen) atoms. The maximum atomic E-state index is 12.3. The summed E-state index contributed by atoms with van der Waals surface area (Å²) in [6, 6.07) is 9.16. The molecule has 2 N–H and O–H groups in total. The second-order valence-electron chi connectivity index (χ2n) is 4.35. The van der Waals surface area contributed by atoms with Gasteiger partial charge in [-0.15, -0.1) is 0 Å². The summed E-state index contributed by atoms with van der Waals surface area (Å²) >= 11 is 0. The molecule has 6 heteroatoms. The first kappa shape index (κ1) is 15.3. The van der Waals surface area contributed by atoms with Crippen LogP contribution in [0.1, 0.15) is 24.3 Å². The van der Waals surface area contributed by atoms with Gasteiger partial charge in [-0.25, -0.2) is 13.1 Å². The van der Waals surface area contributed by atoms with E-state index in [1.165, 1.54) is 18.4 Å². The lowest BCUT2D eigenvalue weighted by molar-refractivity contribution is 0.350. The summed E-state index contributed by atoms with van der Waals surface area (Å²) in [6.45, 7) is 1.43. The normalized spacial score (nSPS) is 12.5. The summed E-state index contributed by atoms with van der Waals surface area (Å²) < 4.78 is 32.3. The van der Waals surface area contributed by atoms with Gasteiger partial charge in [-0.2, -0.15) is 0 Å². The predicted molar refractivity (Wildman–Crippen MR) is 77.9 cm³/mol. The molecule has 1 aromatic carbocycles. The van der Waals surface area contributed by atoms with Gasteiger partial charge in [0, 0.05) is 5.56 Å². The molecule has 1 heterocycles. The fourth-order valence-electron chi connectivity index (χ4n) is 1.78. The van der Waals surface area contributed by atoms with E-state index in [1.807, 2.05) is 0 Å². The number of sulfonamides is 1. The van der Waals surface area contributed by atoms with Crippen LogP contribution in [0, 0.1) is 11.8 Å². The number of nitrogens with one attached hydrogen (secondary N) is 1. The molecule has 0 aliphatic carbocycles. The van der Waals surface area contributed by atoms with Crippen molar-refractivity contribution in [3.63, 3.8) is 0 Å². The van der Waals surface area contributed by atoms with Crippen LogP contribution in [0.25, 0.3) is 0 Å². The van der Waals surface area contributed by atoms with E-state index in [9.17, 15) is 8.42 Å². The summed E-state index contributed by atoms with van der Waals surface area (Å²) in [4.78, 5) is 0.116. The van der Waals surface area contributed by atoms with Crippen molar-refractivity contribution < 1.29 is 17.9 Å². The lowest BCUT2D eigenvalue weighted by Gasteiger charge is -2.12. The number of aliphatic hydroxyl groups is 1. The second kappa shape index (κ2) is 6.59. The molecule has 1 unspecified atom stereocenters. The van der Waals surface area contributed by atoms with Crippen molar-refractivity contribution >= 4 is 10.0 Å². The van der Waals surface area contributed by atoms with E-state index in [-0.39, 0.29) is 11.5 Å². The molecule has 0 saturated carbocycles. The number of aliphatic hydroxyl groups excluding tert-OH is 1. The molecular formula is C15H15NO4S. The molecule has 0 aliphatic rings. The molecule has 0 fully saturated rings. The molecule has 0 radical (unpaired) electrons. The summed E-state index contributed by atoms with van der Waals surface area (Å²) in [7, 11) is -3.67. The van der Waals surface area contributed by atoms with Crippen LogP contribution in [-0.4, -0.2) is 20.1 Å². The SMILES string of the molecule is CC(NS(=O)(=O)c1cccc(C#CCO)c1)c1ccco1. The lowest BCUT2D eigenvalue weighted by Crippen LogP contribution is -2.26. The highest BCUT2D eigenvalue weighted by Gasteiger charge is 2.19. The molecule has 2 rings (SSSR count). The van der Waals surface area contributed by atoms with Gasteiger partial charge in [0.2, 0.25) is 10.0 Å². The van der Waals surface area contributed by atoms with E-state index in [2.05, 4.69) is 16.6 Å². The minimum absolute atomic E-state index is 0.116. The zero-order valence-electron chi connectivity index (χ0n) is 11.4. The smallest absolute Gasteiger partial charge is 0.241 e. The maximum absolute atomic E-state index is 12.3. The molecule has 110 valence electrons. The van der Waals surface area contributed by atoms with Gasteiger partial charge in [-0.1, -0.05) is 17.9 Å². The maximum Gasteiger partial charge on any atom is 0.241 e. The van der Waals surface area contributed by atoms with E-state index in [0.717, 1.165) is 0 Å². The van der Waals surface area contributed by atoms with Crippen molar-refractivity contribution in [1.82, 2.24) is 4.72 Å². The number of benzene rings is 1. The van der Waals surface area contributed by atoms with Crippen LogP contribution in [0.15, 0.2) is 52.0 Å². The predicted octanol–water partition coefficient (Wildman–Crippen LogP) is 1.66. The van der Waals surface area contributed by atoms with Gasteiger partial charge >= 0.3 is 0 Å². The van der Waals surface area contributed by atoms with E-state index in [4.69, 9.17) is 9.52 Å². The fraction of sp³-hybridized carbons (Fsp3) is 0.200. The molecule has 2 aromatic rings. The first-order valence-corrected chi connectivity index (χ1v) is 7.77. The molecule has 0 spiro atoms. The first-order valence-electron chi connectivity index (χ1n) is 6.28. The molecule has 0 amide bonds. The van der Waals surface area contributed by atoms with Gasteiger partial charge in [0.05, 0.1) is 17.2 Å². The molecule has 0 aliphatic heterocycles. The van der Waals surface area contributed by atoms with Crippen LogP contribution in [0.2, 0.25) is 0 Å². The van der Waals surface area contributed by atoms with Gasteiger partial charge in [0.25, 0.3) is 0 Å². The third-order valence-electron chi connectivity index (χ3n) is 2.76. The van der Waals surface area contributed by atoms with Crippen molar-refractivity contribution in [1.29, 1.82) is 0 Å². The topological polar surface area (TPSA) is 79.5 Å². The van der Waals surface area contributed by atoms with Crippen LogP contribution in [0.3, 0.4) is 0 Å². The molecule has 1 aromatic heterocycles. The summed E-state index contributed by atoms with van der Waals surface area (Å²) in [5, 5.41) is 8.67. The molecular weight excluding hydrogens is 290 g/mol.